The average Bonchev–Trinajstić information content (AvgIpc) is 3.35. The highest BCUT2D eigenvalue weighted by atomic mass is 32.1. The van der Waals surface area contributed by atoms with Crippen molar-refractivity contribution in [3.63, 3.8) is 0 Å². The number of aryl methyl sites for hydroxylation is 2. The number of hydrogen-bond acceptors (Lipinski definition) is 6. The molecule has 4 aromatic rings. The molecule has 0 saturated heterocycles. The van der Waals surface area contributed by atoms with Gasteiger partial charge in [0.15, 0.2) is 5.13 Å². The van der Waals surface area contributed by atoms with Crippen LogP contribution in [0.3, 0.4) is 0 Å². The van der Waals surface area contributed by atoms with Crippen molar-refractivity contribution in [2.45, 2.75) is 20.3 Å². The molecule has 0 saturated carbocycles. The average molecular weight is 407 g/mol. The minimum Gasteiger partial charge on any atom is -0.297 e. The van der Waals surface area contributed by atoms with Crippen LogP contribution in [0.1, 0.15) is 27.9 Å². The van der Waals surface area contributed by atoms with E-state index in [0.29, 0.717) is 10.0 Å². The fraction of sp³-hybridized carbons (Fsp3) is 0.143. The van der Waals surface area contributed by atoms with E-state index < -0.39 is 0 Å². The lowest BCUT2D eigenvalue weighted by Gasteiger charge is -1.99. The number of thiazole rings is 2. The van der Waals surface area contributed by atoms with Crippen molar-refractivity contribution in [1.29, 1.82) is 0 Å². The first-order chi connectivity index (χ1) is 13.6. The van der Waals surface area contributed by atoms with Crippen molar-refractivity contribution in [3.05, 3.63) is 70.2 Å². The number of amides is 1. The summed E-state index contributed by atoms with van der Waals surface area (Å²) >= 11 is 2.78. The van der Waals surface area contributed by atoms with E-state index in [-0.39, 0.29) is 5.91 Å². The van der Waals surface area contributed by atoms with Gasteiger partial charge in [-0.2, -0.15) is 0 Å². The summed E-state index contributed by atoms with van der Waals surface area (Å²) in [5, 5.41) is 6.16. The molecule has 140 valence electrons. The molecule has 3 aromatic heterocycles. The second-order valence-electron chi connectivity index (χ2n) is 6.19. The van der Waals surface area contributed by atoms with Gasteiger partial charge in [-0.25, -0.2) is 9.97 Å². The van der Waals surface area contributed by atoms with Crippen LogP contribution in [0.25, 0.3) is 22.0 Å². The number of hydrogen-bond donors (Lipinski definition) is 1. The first-order valence-corrected chi connectivity index (χ1v) is 10.6. The summed E-state index contributed by atoms with van der Waals surface area (Å²) in [6.07, 6.45) is 2.72. The van der Waals surface area contributed by atoms with Gasteiger partial charge in [0.2, 0.25) is 0 Å². The van der Waals surface area contributed by atoms with Gasteiger partial charge >= 0.3 is 0 Å². The van der Waals surface area contributed by atoms with Crippen LogP contribution < -0.4 is 5.32 Å². The molecule has 0 spiro atoms. The van der Waals surface area contributed by atoms with Crippen molar-refractivity contribution in [3.8, 4) is 22.0 Å². The summed E-state index contributed by atoms with van der Waals surface area (Å²) < 4.78 is 0. The predicted molar refractivity (Wildman–Crippen MR) is 115 cm³/mol. The van der Waals surface area contributed by atoms with Gasteiger partial charge in [-0.15, -0.1) is 22.7 Å². The zero-order valence-electron chi connectivity index (χ0n) is 15.5. The summed E-state index contributed by atoms with van der Waals surface area (Å²) in [5.74, 6) is -0.187. The van der Waals surface area contributed by atoms with E-state index >= 15 is 0 Å². The number of nitrogens with one attached hydrogen (secondary N) is 1. The normalized spacial score (nSPS) is 10.8. The molecule has 7 heteroatoms. The summed E-state index contributed by atoms with van der Waals surface area (Å²) in [5.41, 5.74) is 4.56. The summed E-state index contributed by atoms with van der Waals surface area (Å²) in [7, 11) is 0. The Balaban J connectivity index is 1.52. The van der Waals surface area contributed by atoms with E-state index in [1.807, 2.05) is 30.5 Å². The molecule has 0 atom stereocenters. The van der Waals surface area contributed by atoms with Crippen LogP contribution in [0.2, 0.25) is 0 Å². The van der Waals surface area contributed by atoms with E-state index in [0.717, 1.165) is 34.1 Å². The van der Waals surface area contributed by atoms with Crippen molar-refractivity contribution in [2.75, 3.05) is 5.32 Å². The van der Waals surface area contributed by atoms with Crippen LogP contribution in [-0.2, 0) is 6.42 Å². The monoisotopic (exact) mass is 406 g/mol. The number of rotatable bonds is 5. The highest BCUT2D eigenvalue weighted by Crippen LogP contribution is 2.30. The van der Waals surface area contributed by atoms with Crippen molar-refractivity contribution in [2.24, 2.45) is 0 Å². The minimum absolute atomic E-state index is 0.187. The van der Waals surface area contributed by atoms with Gasteiger partial charge in [-0.1, -0.05) is 37.3 Å². The smallest absolute Gasteiger partial charge is 0.269 e. The summed E-state index contributed by atoms with van der Waals surface area (Å²) in [6.45, 7) is 3.99. The Morgan fingerprint density at radius 1 is 1.07 bits per heavy atom. The second kappa shape index (κ2) is 8.00. The van der Waals surface area contributed by atoms with E-state index in [4.69, 9.17) is 0 Å². The van der Waals surface area contributed by atoms with E-state index in [1.165, 1.54) is 28.2 Å². The highest BCUT2D eigenvalue weighted by molar-refractivity contribution is 7.17. The first kappa shape index (κ1) is 18.5. The molecule has 1 aromatic carbocycles. The van der Waals surface area contributed by atoms with Crippen LogP contribution in [0.5, 0.6) is 0 Å². The van der Waals surface area contributed by atoms with Gasteiger partial charge < -0.3 is 0 Å². The van der Waals surface area contributed by atoms with Crippen LogP contribution in [0.15, 0.2) is 54.0 Å². The van der Waals surface area contributed by atoms with Crippen molar-refractivity contribution >= 4 is 33.7 Å². The van der Waals surface area contributed by atoms with Crippen LogP contribution in [-0.4, -0.2) is 20.9 Å². The van der Waals surface area contributed by atoms with Gasteiger partial charge in [0.1, 0.15) is 15.6 Å². The Bertz CT molecular complexity index is 1100. The van der Waals surface area contributed by atoms with Crippen molar-refractivity contribution < 1.29 is 4.79 Å². The van der Waals surface area contributed by atoms with Gasteiger partial charge in [0, 0.05) is 17.1 Å². The number of carbonyl (C=O) groups is 1. The molecule has 0 aliphatic heterocycles. The molecule has 0 radical (unpaired) electrons. The molecule has 0 aliphatic carbocycles. The number of aromatic nitrogens is 3. The Morgan fingerprint density at radius 2 is 1.89 bits per heavy atom. The Morgan fingerprint density at radius 3 is 2.61 bits per heavy atom. The van der Waals surface area contributed by atoms with Gasteiger partial charge in [-0.05, 0) is 31.0 Å². The zero-order chi connectivity index (χ0) is 19.5. The second-order valence-corrected chi connectivity index (χ2v) is 8.05. The topological polar surface area (TPSA) is 67.8 Å². The maximum atomic E-state index is 12.7. The zero-order valence-corrected chi connectivity index (χ0v) is 17.1. The van der Waals surface area contributed by atoms with Crippen molar-refractivity contribution in [1.82, 2.24) is 15.0 Å². The fourth-order valence-corrected chi connectivity index (χ4v) is 4.40. The molecular formula is C21H18N4OS2. The van der Waals surface area contributed by atoms with Gasteiger partial charge in [-0.3, -0.25) is 15.1 Å². The molecule has 0 unspecified atom stereocenters. The van der Waals surface area contributed by atoms with E-state index in [1.54, 1.807) is 6.20 Å². The molecule has 4 rings (SSSR count). The largest absolute Gasteiger partial charge is 0.297 e. The molecule has 1 amide bonds. The van der Waals surface area contributed by atoms with E-state index in [9.17, 15) is 4.79 Å². The number of benzene rings is 1. The number of anilines is 1. The lowest BCUT2D eigenvalue weighted by molar-refractivity contribution is 0.103. The lowest BCUT2D eigenvalue weighted by Crippen LogP contribution is -2.11. The molecule has 5 nitrogen and oxygen atoms in total. The third-order valence-electron chi connectivity index (χ3n) is 4.26. The molecule has 1 N–H and O–H groups in total. The molecule has 0 bridgehead atoms. The minimum atomic E-state index is -0.187. The number of carbonyl (C=O) groups excluding carboxylic acids is 1. The molecule has 28 heavy (non-hydrogen) atoms. The maximum absolute atomic E-state index is 12.7. The third kappa shape index (κ3) is 3.85. The molecule has 3 heterocycles. The van der Waals surface area contributed by atoms with Gasteiger partial charge in [0.05, 0.1) is 11.4 Å². The summed E-state index contributed by atoms with van der Waals surface area (Å²) in [4.78, 5) is 26.7. The van der Waals surface area contributed by atoms with E-state index in [2.05, 4.69) is 51.5 Å². The maximum Gasteiger partial charge on any atom is 0.269 e. The Kier molecular flexibility index (Phi) is 5.27. The molecule has 0 fully saturated rings. The molecular weight excluding hydrogens is 388 g/mol. The van der Waals surface area contributed by atoms with Crippen LogP contribution in [0.4, 0.5) is 5.13 Å². The highest BCUT2D eigenvalue weighted by Gasteiger charge is 2.18. The Labute approximate surface area is 171 Å². The lowest BCUT2D eigenvalue weighted by atomic mass is 10.1. The van der Waals surface area contributed by atoms with Crippen LogP contribution >= 0.6 is 22.7 Å². The van der Waals surface area contributed by atoms with Gasteiger partial charge in [0.25, 0.3) is 5.91 Å². The quantitative estimate of drug-likeness (QED) is 0.478. The van der Waals surface area contributed by atoms with Crippen LogP contribution in [0, 0.1) is 6.92 Å². The Hall–Kier alpha value is -2.90. The SMILES string of the molecule is CCc1ccc(-c2nc(C)c(C(=O)Nc3nc(-c4ccccn4)cs3)s2)cc1. The fourth-order valence-electron chi connectivity index (χ4n) is 2.73. The first-order valence-electron chi connectivity index (χ1n) is 8.89. The standard InChI is InChI=1S/C21H18N4OS2/c1-3-14-7-9-15(10-8-14)20-23-13(2)18(28-20)19(26)25-21-24-17(12-27-21)16-6-4-5-11-22-16/h4-12H,3H2,1-2H3,(H,24,25,26). The number of nitrogens with zero attached hydrogens (tertiary/aromatic N) is 3. The predicted octanol–water partition coefficient (Wildman–Crippen LogP) is 5.45. The molecule has 0 aliphatic rings. The third-order valence-corrected chi connectivity index (χ3v) is 6.23. The summed E-state index contributed by atoms with van der Waals surface area (Å²) in [6, 6.07) is 14.0. The number of pyridine rings is 1.